The Hall–Kier alpha value is -4.20. The lowest BCUT2D eigenvalue weighted by Crippen LogP contribution is -2.29. The number of carbonyl (C=O) groups is 1. The van der Waals surface area contributed by atoms with Crippen LogP contribution in [0.15, 0.2) is 60.8 Å². The predicted molar refractivity (Wildman–Crippen MR) is 168 cm³/mol. The van der Waals surface area contributed by atoms with Crippen molar-refractivity contribution < 1.29 is 19.0 Å². The standard InChI is InChI=1S/C21H26N2O2.C12H18N2O2/c1-22(2)12-9-21(24)17-13-16-7-8-18(25-3)15-19(16)20(14-17)23-10-5-4-6-11-23;1-15-10-7-6-9(8-11(10)16-2)4-3-5-12(13)14/h7-9,12-15H,4-6,10-11H2,1-3H3;6-8H,3-5H2,1-2H3,(H3,13,14)/b12-9+;. The van der Waals surface area contributed by atoms with E-state index in [1.807, 2.05) is 61.5 Å². The van der Waals surface area contributed by atoms with E-state index in [1.165, 1.54) is 24.8 Å². The summed E-state index contributed by atoms with van der Waals surface area (Å²) in [5.41, 5.74) is 8.33. The number of carbonyl (C=O) groups excluding carboxylic acids is 1. The van der Waals surface area contributed by atoms with Crippen molar-refractivity contribution >= 4 is 28.1 Å². The van der Waals surface area contributed by atoms with Gasteiger partial charge in [0, 0.05) is 62.5 Å². The predicted octanol–water partition coefficient (Wildman–Crippen LogP) is 6.06. The number of ketones is 1. The van der Waals surface area contributed by atoms with Crippen molar-refractivity contribution in [2.45, 2.75) is 38.5 Å². The Bertz CT molecular complexity index is 1350. The molecular weight excluding hydrogens is 516 g/mol. The Morgan fingerprint density at radius 3 is 2.32 bits per heavy atom. The number of ether oxygens (including phenoxy) is 3. The molecule has 1 fully saturated rings. The van der Waals surface area contributed by atoms with Crippen molar-refractivity contribution in [1.29, 1.82) is 5.41 Å². The van der Waals surface area contributed by atoms with Crippen LogP contribution in [0.1, 0.15) is 48.0 Å². The van der Waals surface area contributed by atoms with Gasteiger partial charge in [-0.1, -0.05) is 12.1 Å². The average Bonchev–Trinajstić information content (AvgIpc) is 2.99. The summed E-state index contributed by atoms with van der Waals surface area (Å²) in [5, 5.41) is 9.36. The van der Waals surface area contributed by atoms with Gasteiger partial charge in [-0.25, -0.2) is 0 Å². The molecule has 0 aliphatic carbocycles. The molecule has 0 aromatic heterocycles. The van der Waals surface area contributed by atoms with Crippen LogP contribution in [0.2, 0.25) is 0 Å². The number of hydrogen-bond acceptors (Lipinski definition) is 7. The van der Waals surface area contributed by atoms with Crippen molar-refractivity contribution in [3.05, 3.63) is 71.9 Å². The van der Waals surface area contributed by atoms with Gasteiger partial charge in [0.2, 0.25) is 0 Å². The van der Waals surface area contributed by atoms with E-state index in [9.17, 15) is 4.79 Å². The van der Waals surface area contributed by atoms with Crippen LogP contribution in [-0.4, -0.2) is 65.0 Å². The second-order valence-electron chi connectivity index (χ2n) is 10.3. The van der Waals surface area contributed by atoms with Crippen LogP contribution in [0.4, 0.5) is 5.69 Å². The van der Waals surface area contributed by atoms with Crippen LogP contribution in [0, 0.1) is 5.41 Å². The number of amidine groups is 1. The van der Waals surface area contributed by atoms with Crippen LogP contribution < -0.4 is 24.8 Å². The molecule has 8 nitrogen and oxygen atoms in total. The van der Waals surface area contributed by atoms with E-state index in [-0.39, 0.29) is 11.6 Å². The highest BCUT2D eigenvalue weighted by Gasteiger charge is 2.17. The lowest BCUT2D eigenvalue weighted by molar-refractivity contribution is 0.104. The normalized spacial score (nSPS) is 13.0. The number of piperidine rings is 1. The maximum Gasteiger partial charge on any atom is 0.187 e. The van der Waals surface area contributed by atoms with Gasteiger partial charge in [-0.2, -0.15) is 0 Å². The Balaban J connectivity index is 0.000000250. The SMILES string of the molecule is COc1ccc(CCCC(=N)N)cc1OC.COc1ccc2cc(C(=O)/C=C/N(C)C)cc(N3CCCCC3)c2c1. The van der Waals surface area contributed by atoms with Crippen molar-refractivity contribution in [3.8, 4) is 17.2 Å². The molecule has 0 radical (unpaired) electrons. The zero-order valence-corrected chi connectivity index (χ0v) is 25.0. The molecule has 3 N–H and O–H groups in total. The molecule has 8 heteroatoms. The Kier molecular flexibility index (Phi) is 11.9. The molecule has 1 heterocycles. The smallest absolute Gasteiger partial charge is 0.187 e. The minimum atomic E-state index is 0.0321. The van der Waals surface area contributed by atoms with E-state index in [2.05, 4.69) is 11.0 Å². The van der Waals surface area contributed by atoms with Crippen LogP contribution in [-0.2, 0) is 6.42 Å². The van der Waals surface area contributed by atoms with E-state index in [1.54, 1.807) is 33.6 Å². The molecule has 1 saturated heterocycles. The lowest BCUT2D eigenvalue weighted by atomic mass is 9.99. The molecule has 0 atom stereocenters. The summed E-state index contributed by atoms with van der Waals surface area (Å²) in [7, 11) is 8.75. The topological polar surface area (TPSA) is 101 Å². The van der Waals surface area contributed by atoms with Crippen molar-refractivity contribution in [2.75, 3.05) is 53.4 Å². The number of aryl methyl sites for hydroxylation is 1. The molecule has 4 rings (SSSR count). The number of nitrogens with two attached hydrogens (primary N) is 1. The summed E-state index contributed by atoms with van der Waals surface area (Å²) < 4.78 is 15.8. The monoisotopic (exact) mass is 560 g/mol. The minimum absolute atomic E-state index is 0.0321. The van der Waals surface area contributed by atoms with Gasteiger partial charge in [-0.05, 0) is 79.5 Å². The fraction of sp³-hybridized carbons (Fsp3) is 0.394. The number of nitrogens with zero attached hydrogens (tertiary/aromatic N) is 2. The molecule has 0 bridgehead atoms. The van der Waals surface area contributed by atoms with E-state index < -0.39 is 0 Å². The summed E-state index contributed by atoms with van der Waals surface area (Å²) >= 11 is 0. The molecule has 0 amide bonds. The first-order chi connectivity index (χ1) is 19.7. The molecule has 41 heavy (non-hydrogen) atoms. The fourth-order valence-electron chi connectivity index (χ4n) is 4.82. The third kappa shape index (κ3) is 9.17. The third-order valence-corrected chi connectivity index (χ3v) is 7.00. The number of methoxy groups -OCH3 is 3. The van der Waals surface area contributed by atoms with E-state index >= 15 is 0 Å². The number of anilines is 1. The van der Waals surface area contributed by atoms with Crippen molar-refractivity contribution in [2.24, 2.45) is 5.73 Å². The molecule has 3 aromatic carbocycles. The zero-order chi connectivity index (χ0) is 29.8. The van der Waals surface area contributed by atoms with E-state index in [4.69, 9.17) is 25.4 Å². The largest absolute Gasteiger partial charge is 0.497 e. The summed E-state index contributed by atoms with van der Waals surface area (Å²) in [5.74, 6) is 2.59. The van der Waals surface area contributed by atoms with Crippen molar-refractivity contribution in [3.63, 3.8) is 0 Å². The highest BCUT2D eigenvalue weighted by Crippen LogP contribution is 2.33. The lowest BCUT2D eigenvalue weighted by Gasteiger charge is -2.30. The molecule has 1 aliphatic heterocycles. The second-order valence-corrected chi connectivity index (χ2v) is 10.3. The van der Waals surface area contributed by atoms with Gasteiger partial charge in [0.25, 0.3) is 0 Å². The van der Waals surface area contributed by atoms with Crippen LogP contribution >= 0.6 is 0 Å². The summed E-state index contributed by atoms with van der Waals surface area (Å²) in [4.78, 5) is 16.9. The van der Waals surface area contributed by atoms with Gasteiger partial charge < -0.3 is 29.7 Å². The Labute approximate surface area is 244 Å². The maximum absolute atomic E-state index is 12.6. The quantitative estimate of drug-likeness (QED) is 0.127. The molecular formula is C33H44N4O4. The number of benzene rings is 3. The number of hydrogen-bond donors (Lipinski definition) is 2. The van der Waals surface area contributed by atoms with Gasteiger partial charge in [0.15, 0.2) is 17.3 Å². The first-order valence-electron chi connectivity index (χ1n) is 14.0. The Morgan fingerprint density at radius 2 is 1.68 bits per heavy atom. The number of allylic oxidation sites excluding steroid dienone is 1. The molecule has 0 saturated carbocycles. The first kappa shape index (κ1) is 31.3. The highest BCUT2D eigenvalue weighted by atomic mass is 16.5. The number of nitrogens with one attached hydrogen (secondary N) is 1. The van der Waals surface area contributed by atoms with E-state index in [0.717, 1.165) is 65.2 Å². The van der Waals surface area contributed by atoms with Gasteiger partial charge in [0.05, 0.1) is 27.2 Å². The third-order valence-electron chi connectivity index (χ3n) is 7.00. The van der Waals surface area contributed by atoms with Gasteiger partial charge in [-0.15, -0.1) is 0 Å². The second kappa shape index (κ2) is 15.6. The zero-order valence-electron chi connectivity index (χ0n) is 25.0. The number of fused-ring (bicyclic) bond motifs is 1. The van der Waals surface area contributed by atoms with Crippen molar-refractivity contribution in [1.82, 2.24) is 4.90 Å². The first-order valence-corrected chi connectivity index (χ1v) is 14.0. The van der Waals surface area contributed by atoms with Gasteiger partial charge in [-0.3, -0.25) is 10.2 Å². The van der Waals surface area contributed by atoms with Crippen LogP contribution in [0.25, 0.3) is 10.8 Å². The fourth-order valence-corrected chi connectivity index (χ4v) is 4.82. The maximum atomic E-state index is 12.6. The average molecular weight is 561 g/mol. The summed E-state index contributed by atoms with van der Waals surface area (Å²) in [6, 6.07) is 15.9. The molecule has 0 unspecified atom stereocenters. The highest BCUT2D eigenvalue weighted by molar-refractivity contribution is 6.09. The molecule has 3 aromatic rings. The van der Waals surface area contributed by atoms with Gasteiger partial charge in [0.1, 0.15) is 5.75 Å². The molecule has 0 spiro atoms. The summed E-state index contributed by atoms with van der Waals surface area (Å²) in [6.45, 7) is 2.08. The van der Waals surface area contributed by atoms with Crippen LogP contribution in [0.5, 0.6) is 17.2 Å². The molecule has 1 aliphatic rings. The van der Waals surface area contributed by atoms with Gasteiger partial charge >= 0.3 is 0 Å². The van der Waals surface area contributed by atoms with Crippen LogP contribution in [0.3, 0.4) is 0 Å². The molecule has 220 valence electrons. The summed E-state index contributed by atoms with van der Waals surface area (Å²) in [6.07, 6.45) is 9.50. The van der Waals surface area contributed by atoms with E-state index in [0.29, 0.717) is 6.42 Å². The number of rotatable bonds is 11. The minimum Gasteiger partial charge on any atom is -0.497 e. The Morgan fingerprint density at radius 1 is 0.951 bits per heavy atom.